The Bertz CT molecular complexity index is 652. The summed E-state index contributed by atoms with van der Waals surface area (Å²) in [6.07, 6.45) is 0.880. The van der Waals surface area contributed by atoms with Gasteiger partial charge in [-0.1, -0.05) is 43.9 Å². The van der Waals surface area contributed by atoms with Crippen molar-refractivity contribution >= 4 is 10.0 Å². The fourth-order valence-corrected chi connectivity index (χ4v) is 4.31. The molecule has 0 heterocycles. The van der Waals surface area contributed by atoms with Crippen molar-refractivity contribution in [1.29, 1.82) is 0 Å². The second-order valence-electron chi connectivity index (χ2n) is 6.51. The molecular weight excluding hydrogens is 341 g/mol. The van der Waals surface area contributed by atoms with Gasteiger partial charge in [-0.05, 0) is 24.5 Å². The first-order valence-electron chi connectivity index (χ1n) is 8.03. The zero-order chi connectivity index (χ0) is 17.8. The molecule has 1 aromatic carbocycles. The molecule has 8 heteroatoms. The molecular formula is C16H23F3N2O2S. The van der Waals surface area contributed by atoms with Crippen molar-refractivity contribution in [2.24, 2.45) is 5.73 Å². The summed E-state index contributed by atoms with van der Waals surface area (Å²) in [5, 5.41) is 0. The van der Waals surface area contributed by atoms with Crippen LogP contribution in [0, 0.1) is 0 Å². The monoisotopic (exact) mass is 364 g/mol. The van der Waals surface area contributed by atoms with Gasteiger partial charge in [0.1, 0.15) is 0 Å². The van der Waals surface area contributed by atoms with Crippen LogP contribution in [0.15, 0.2) is 24.3 Å². The molecule has 0 unspecified atom stereocenters. The van der Waals surface area contributed by atoms with Gasteiger partial charge in [0.25, 0.3) is 0 Å². The summed E-state index contributed by atoms with van der Waals surface area (Å²) in [6, 6.07) is 4.72. The van der Waals surface area contributed by atoms with Crippen LogP contribution in [0.2, 0.25) is 0 Å². The molecule has 24 heavy (non-hydrogen) atoms. The minimum Gasteiger partial charge on any atom is -0.324 e. The molecule has 0 aliphatic heterocycles. The molecule has 0 saturated heterocycles. The van der Waals surface area contributed by atoms with Gasteiger partial charge in [0.2, 0.25) is 10.0 Å². The summed E-state index contributed by atoms with van der Waals surface area (Å²) >= 11 is 0. The molecule has 0 amide bonds. The van der Waals surface area contributed by atoms with Gasteiger partial charge in [-0.25, -0.2) is 13.1 Å². The molecule has 4 nitrogen and oxygen atoms in total. The zero-order valence-corrected chi connectivity index (χ0v) is 14.2. The lowest BCUT2D eigenvalue weighted by molar-refractivity contribution is -0.138. The van der Waals surface area contributed by atoms with E-state index in [-0.39, 0.29) is 12.1 Å². The zero-order valence-electron chi connectivity index (χ0n) is 13.4. The van der Waals surface area contributed by atoms with Gasteiger partial charge in [-0.2, -0.15) is 13.2 Å². The van der Waals surface area contributed by atoms with Crippen LogP contribution in [0.3, 0.4) is 0 Å². The Kier molecular flexibility index (Phi) is 5.93. The molecule has 136 valence electrons. The first-order chi connectivity index (χ1) is 11.1. The maximum Gasteiger partial charge on any atom is 0.416 e. The number of halogens is 3. The predicted molar refractivity (Wildman–Crippen MR) is 86.7 cm³/mol. The minimum atomic E-state index is -4.58. The predicted octanol–water partition coefficient (Wildman–Crippen LogP) is 3.18. The van der Waals surface area contributed by atoms with Gasteiger partial charge in [-0.15, -0.1) is 0 Å². The first kappa shape index (κ1) is 19.2. The van der Waals surface area contributed by atoms with Crippen molar-refractivity contribution in [3.63, 3.8) is 0 Å². The van der Waals surface area contributed by atoms with Crippen molar-refractivity contribution in [3.05, 3.63) is 35.4 Å². The average molecular weight is 364 g/mol. The van der Waals surface area contributed by atoms with E-state index in [4.69, 9.17) is 5.73 Å². The molecule has 1 fully saturated rings. The topological polar surface area (TPSA) is 72.2 Å². The van der Waals surface area contributed by atoms with Gasteiger partial charge >= 0.3 is 6.18 Å². The van der Waals surface area contributed by atoms with Gasteiger partial charge in [0, 0.05) is 12.1 Å². The summed E-state index contributed by atoms with van der Waals surface area (Å²) in [5.41, 5.74) is 4.45. The number of hydrogen-bond acceptors (Lipinski definition) is 3. The Labute approximate surface area is 140 Å². The number of benzene rings is 1. The van der Waals surface area contributed by atoms with Crippen LogP contribution in [0.1, 0.15) is 49.7 Å². The van der Waals surface area contributed by atoms with E-state index in [0.29, 0.717) is 12.8 Å². The molecule has 2 rings (SSSR count). The second kappa shape index (κ2) is 7.41. The quantitative estimate of drug-likeness (QED) is 0.788. The SMILES string of the molecule is NC1(CNS(=O)(=O)Cc2ccccc2C(F)(F)F)CCCCCC1. The van der Waals surface area contributed by atoms with Gasteiger partial charge in [-0.3, -0.25) is 0 Å². The van der Waals surface area contributed by atoms with Crippen molar-refractivity contribution in [2.75, 3.05) is 6.54 Å². The number of nitrogens with one attached hydrogen (secondary N) is 1. The second-order valence-corrected chi connectivity index (χ2v) is 8.32. The standard InChI is InChI=1S/C16H23F3N2O2S/c17-16(18,19)14-8-4-3-7-13(14)11-24(22,23)21-12-15(20)9-5-1-2-6-10-15/h3-4,7-8,21H,1-2,5-6,9-12,20H2. The molecule has 1 aliphatic carbocycles. The van der Waals surface area contributed by atoms with Crippen LogP contribution >= 0.6 is 0 Å². The van der Waals surface area contributed by atoms with E-state index >= 15 is 0 Å². The van der Waals surface area contributed by atoms with E-state index in [1.807, 2.05) is 0 Å². The Morgan fingerprint density at radius 2 is 1.67 bits per heavy atom. The lowest BCUT2D eigenvalue weighted by Crippen LogP contribution is -2.49. The third kappa shape index (κ3) is 5.46. The highest BCUT2D eigenvalue weighted by Crippen LogP contribution is 2.32. The van der Waals surface area contributed by atoms with Crippen molar-refractivity contribution in [3.8, 4) is 0 Å². The Morgan fingerprint density at radius 1 is 1.08 bits per heavy atom. The van der Waals surface area contributed by atoms with Crippen LogP contribution < -0.4 is 10.5 Å². The van der Waals surface area contributed by atoms with Gasteiger partial charge < -0.3 is 5.73 Å². The maximum atomic E-state index is 13.0. The maximum absolute atomic E-state index is 13.0. The molecule has 0 aromatic heterocycles. The summed E-state index contributed by atoms with van der Waals surface area (Å²) in [7, 11) is -3.90. The third-order valence-corrected chi connectivity index (χ3v) is 5.69. The molecule has 1 aromatic rings. The van der Waals surface area contributed by atoms with Gasteiger partial charge in [0.05, 0.1) is 11.3 Å². The van der Waals surface area contributed by atoms with Crippen molar-refractivity contribution in [2.45, 2.75) is 56.0 Å². The largest absolute Gasteiger partial charge is 0.416 e. The van der Waals surface area contributed by atoms with E-state index in [9.17, 15) is 21.6 Å². The molecule has 1 aliphatic rings. The fourth-order valence-electron chi connectivity index (χ4n) is 3.04. The molecule has 0 bridgehead atoms. The van der Waals surface area contributed by atoms with Crippen LogP contribution in [-0.4, -0.2) is 20.5 Å². The number of hydrogen-bond donors (Lipinski definition) is 2. The van der Waals surface area contributed by atoms with E-state index in [1.165, 1.54) is 18.2 Å². The highest BCUT2D eigenvalue weighted by Gasteiger charge is 2.34. The Balaban J connectivity index is 2.07. The van der Waals surface area contributed by atoms with Crippen LogP contribution in [0.25, 0.3) is 0 Å². The van der Waals surface area contributed by atoms with E-state index in [2.05, 4.69) is 4.72 Å². The van der Waals surface area contributed by atoms with E-state index in [0.717, 1.165) is 31.7 Å². The third-order valence-electron chi connectivity index (χ3n) is 4.41. The van der Waals surface area contributed by atoms with E-state index in [1.54, 1.807) is 0 Å². The summed E-state index contributed by atoms with van der Waals surface area (Å²) in [5.74, 6) is -0.710. The fraction of sp³-hybridized carbons (Fsp3) is 0.625. The number of nitrogens with two attached hydrogens (primary N) is 1. The van der Waals surface area contributed by atoms with Crippen LogP contribution in [0.4, 0.5) is 13.2 Å². The summed E-state index contributed by atoms with van der Waals surface area (Å²) in [4.78, 5) is 0. The number of sulfonamides is 1. The molecule has 1 saturated carbocycles. The molecule has 3 N–H and O–H groups in total. The average Bonchev–Trinajstić information content (AvgIpc) is 2.70. The first-order valence-corrected chi connectivity index (χ1v) is 9.68. The normalized spacial score (nSPS) is 19.0. The van der Waals surface area contributed by atoms with Crippen molar-refractivity contribution in [1.82, 2.24) is 4.72 Å². The molecule has 0 atom stereocenters. The van der Waals surface area contributed by atoms with Crippen LogP contribution in [0.5, 0.6) is 0 Å². The molecule has 0 radical (unpaired) electrons. The van der Waals surface area contributed by atoms with Crippen molar-refractivity contribution < 1.29 is 21.6 Å². The summed E-state index contributed by atoms with van der Waals surface area (Å²) < 4.78 is 65.7. The highest BCUT2D eigenvalue weighted by atomic mass is 32.2. The smallest absolute Gasteiger partial charge is 0.324 e. The number of alkyl halides is 3. The molecule has 0 spiro atoms. The highest BCUT2D eigenvalue weighted by molar-refractivity contribution is 7.88. The number of rotatable bonds is 5. The summed E-state index contributed by atoms with van der Waals surface area (Å²) in [6.45, 7) is 0.0590. The van der Waals surface area contributed by atoms with Crippen LogP contribution in [-0.2, 0) is 22.0 Å². The lowest BCUT2D eigenvalue weighted by Gasteiger charge is -2.28. The van der Waals surface area contributed by atoms with Gasteiger partial charge in [0.15, 0.2) is 0 Å². The van der Waals surface area contributed by atoms with E-state index < -0.39 is 33.1 Å². The lowest BCUT2D eigenvalue weighted by atomic mass is 9.92. The Hall–Kier alpha value is -1.12. The Morgan fingerprint density at radius 3 is 2.25 bits per heavy atom. The minimum absolute atomic E-state index is 0.0590.